The highest BCUT2D eigenvalue weighted by atomic mass is 32.2. The maximum atomic E-state index is 13.3. The number of piperazine rings is 1. The summed E-state index contributed by atoms with van der Waals surface area (Å²) in [6.45, 7) is 7.38. The highest BCUT2D eigenvalue weighted by Crippen LogP contribution is 2.26. The summed E-state index contributed by atoms with van der Waals surface area (Å²) >= 11 is 0. The number of fused-ring (bicyclic) bond motifs is 1. The third-order valence-corrected chi connectivity index (χ3v) is 7.35. The van der Waals surface area contributed by atoms with Crippen molar-refractivity contribution in [2.45, 2.75) is 25.3 Å². The van der Waals surface area contributed by atoms with Crippen LogP contribution in [0.1, 0.15) is 16.7 Å². The Morgan fingerprint density at radius 3 is 2.46 bits per heavy atom. The standard InChI is InChI=1S/C22H25N3O2S/c1-17-14-19-8-5-9-21(22(19)23-15-17)28(26,27)25-12-10-24(11-13-25)16-20-7-4-3-6-18(20)2/h3-9,14-15H,10-13,16H2,1-2H3. The van der Waals surface area contributed by atoms with E-state index in [1.807, 2.05) is 25.1 Å². The molecule has 0 atom stereocenters. The van der Waals surface area contributed by atoms with Gasteiger partial charge < -0.3 is 0 Å². The second kappa shape index (κ2) is 7.62. The normalized spacial score (nSPS) is 16.5. The second-order valence-corrected chi connectivity index (χ2v) is 9.35. The molecule has 0 spiro atoms. The van der Waals surface area contributed by atoms with E-state index in [1.54, 1.807) is 22.6 Å². The van der Waals surface area contributed by atoms with Crippen molar-refractivity contribution < 1.29 is 8.42 Å². The third-order valence-electron chi connectivity index (χ3n) is 5.41. The van der Waals surface area contributed by atoms with Crippen LogP contribution in [-0.4, -0.2) is 48.8 Å². The number of para-hydroxylation sites is 1. The van der Waals surface area contributed by atoms with Gasteiger partial charge in [0.1, 0.15) is 4.90 Å². The minimum absolute atomic E-state index is 0.303. The molecule has 0 amide bonds. The van der Waals surface area contributed by atoms with Crippen molar-refractivity contribution >= 4 is 20.9 Å². The van der Waals surface area contributed by atoms with E-state index >= 15 is 0 Å². The average Bonchev–Trinajstić information content (AvgIpc) is 2.69. The minimum atomic E-state index is -3.56. The van der Waals surface area contributed by atoms with Gasteiger partial charge in [-0.2, -0.15) is 4.31 Å². The van der Waals surface area contributed by atoms with Crippen LogP contribution in [0.3, 0.4) is 0 Å². The Hall–Kier alpha value is -2.28. The summed E-state index contributed by atoms with van der Waals surface area (Å²) in [7, 11) is -3.56. The van der Waals surface area contributed by atoms with Crippen molar-refractivity contribution in [1.82, 2.24) is 14.2 Å². The number of nitrogens with zero attached hydrogens (tertiary/aromatic N) is 3. The highest BCUT2D eigenvalue weighted by Gasteiger charge is 2.30. The van der Waals surface area contributed by atoms with E-state index < -0.39 is 10.0 Å². The molecule has 0 N–H and O–H groups in total. The van der Waals surface area contributed by atoms with Gasteiger partial charge in [-0.15, -0.1) is 0 Å². The van der Waals surface area contributed by atoms with Crippen molar-refractivity contribution in [3.05, 3.63) is 71.4 Å². The third kappa shape index (κ3) is 3.68. The van der Waals surface area contributed by atoms with Gasteiger partial charge in [-0.3, -0.25) is 9.88 Å². The van der Waals surface area contributed by atoms with Gasteiger partial charge in [0.05, 0.1) is 5.52 Å². The molecule has 0 radical (unpaired) electrons. The zero-order valence-corrected chi connectivity index (χ0v) is 17.1. The molecule has 2 aromatic carbocycles. The van der Waals surface area contributed by atoms with Crippen LogP contribution in [0, 0.1) is 13.8 Å². The first-order valence-corrected chi connectivity index (χ1v) is 11.0. The Kier molecular flexibility index (Phi) is 5.19. The van der Waals surface area contributed by atoms with Gasteiger partial charge in [-0.25, -0.2) is 8.42 Å². The summed E-state index contributed by atoms with van der Waals surface area (Å²) in [4.78, 5) is 7.03. The van der Waals surface area contributed by atoms with Crippen LogP contribution in [-0.2, 0) is 16.6 Å². The fourth-order valence-electron chi connectivity index (χ4n) is 3.75. The topological polar surface area (TPSA) is 53.5 Å². The number of pyridine rings is 1. The summed E-state index contributed by atoms with van der Waals surface area (Å²) in [6.07, 6.45) is 1.72. The van der Waals surface area contributed by atoms with Gasteiger partial charge in [0.2, 0.25) is 10.0 Å². The lowest BCUT2D eigenvalue weighted by Gasteiger charge is -2.34. The van der Waals surface area contributed by atoms with Crippen LogP contribution < -0.4 is 0 Å². The number of hydrogen-bond acceptors (Lipinski definition) is 4. The number of benzene rings is 2. The Bertz CT molecular complexity index is 1100. The van der Waals surface area contributed by atoms with E-state index in [9.17, 15) is 8.42 Å². The zero-order chi connectivity index (χ0) is 19.7. The Labute approximate surface area is 166 Å². The van der Waals surface area contributed by atoms with Crippen molar-refractivity contribution in [3.63, 3.8) is 0 Å². The van der Waals surface area contributed by atoms with E-state index in [0.717, 1.165) is 30.6 Å². The van der Waals surface area contributed by atoms with Crippen LogP contribution in [0.2, 0.25) is 0 Å². The predicted molar refractivity (Wildman–Crippen MR) is 112 cm³/mol. The van der Waals surface area contributed by atoms with Gasteiger partial charge in [0, 0.05) is 44.3 Å². The van der Waals surface area contributed by atoms with Gasteiger partial charge in [0.15, 0.2) is 0 Å². The summed E-state index contributed by atoms with van der Waals surface area (Å²) in [6, 6.07) is 15.7. The van der Waals surface area contributed by atoms with E-state index in [2.05, 4.69) is 35.0 Å². The lowest BCUT2D eigenvalue weighted by molar-refractivity contribution is 0.181. The average molecular weight is 396 g/mol. The summed E-state index contributed by atoms with van der Waals surface area (Å²) in [5, 5.41) is 0.860. The summed E-state index contributed by atoms with van der Waals surface area (Å²) in [5.41, 5.74) is 4.14. The van der Waals surface area contributed by atoms with Crippen molar-refractivity contribution in [2.75, 3.05) is 26.2 Å². The maximum Gasteiger partial charge on any atom is 0.245 e. The van der Waals surface area contributed by atoms with Crippen LogP contribution in [0.25, 0.3) is 10.9 Å². The number of rotatable bonds is 4. The lowest BCUT2D eigenvalue weighted by atomic mass is 10.1. The molecule has 0 bridgehead atoms. The number of aryl methyl sites for hydroxylation is 2. The molecule has 1 aliphatic rings. The molecule has 1 aromatic heterocycles. The molecule has 28 heavy (non-hydrogen) atoms. The molecular formula is C22H25N3O2S. The molecule has 4 rings (SSSR count). The van der Waals surface area contributed by atoms with Crippen molar-refractivity contribution in [2.24, 2.45) is 0 Å². The van der Waals surface area contributed by atoms with Gasteiger partial charge in [-0.1, -0.05) is 36.4 Å². The molecule has 1 fully saturated rings. The summed E-state index contributed by atoms with van der Waals surface area (Å²) in [5.74, 6) is 0. The number of hydrogen-bond donors (Lipinski definition) is 0. The Morgan fingerprint density at radius 2 is 1.71 bits per heavy atom. The first-order chi connectivity index (χ1) is 13.4. The molecule has 2 heterocycles. The fourth-order valence-corrected chi connectivity index (χ4v) is 5.33. The Morgan fingerprint density at radius 1 is 0.964 bits per heavy atom. The molecule has 0 aliphatic carbocycles. The SMILES string of the molecule is Cc1cnc2c(S(=O)(=O)N3CCN(Cc4ccccc4C)CC3)cccc2c1. The minimum Gasteiger partial charge on any atom is -0.296 e. The molecule has 1 aliphatic heterocycles. The predicted octanol–water partition coefficient (Wildman–Crippen LogP) is 3.36. The first-order valence-electron chi connectivity index (χ1n) is 9.57. The molecule has 146 valence electrons. The van der Waals surface area contributed by atoms with Gasteiger partial charge in [0.25, 0.3) is 0 Å². The van der Waals surface area contributed by atoms with E-state index in [0.29, 0.717) is 23.5 Å². The number of aromatic nitrogens is 1. The molecule has 0 saturated carbocycles. The summed E-state index contributed by atoms with van der Waals surface area (Å²) < 4.78 is 28.1. The Balaban J connectivity index is 1.52. The van der Waals surface area contributed by atoms with Crippen LogP contribution in [0.4, 0.5) is 0 Å². The van der Waals surface area contributed by atoms with Gasteiger partial charge >= 0.3 is 0 Å². The van der Waals surface area contributed by atoms with Crippen molar-refractivity contribution in [3.8, 4) is 0 Å². The van der Waals surface area contributed by atoms with E-state index in [-0.39, 0.29) is 0 Å². The van der Waals surface area contributed by atoms with Crippen LogP contribution >= 0.6 is 0 Å². The quantitative estimate of drug-likeness (QED) is 0.680. The van der Waals surface area contributed by atoms with Crippen LogP contribution in [0.5, 0.6) is 0 Å². The second-order valence-electron chi connectivity index (χ2n) is 7.45. The monoisotopic (exact) mass is 395 g/mol. The molecule has 0 unspecified atom stereocenters. The van der Waals surface area contributed by atoms with Crippen molar-refractivity contribution in [1.29, 1.82) is 0 Å². The maximum absolute atomic E-state index is 13.3. The molecule has 3 aromatic rings. The first kappa shape index (κ1) is 19.1. The smallest absolute Gasteiger partial charge is 0.245 e. The number of sulfonamides is 1. The molecule has 6 heteroatoms. The van der Waals surface area contributed by atoms with E-state index in [1.165, 1.54) is 11.1 Å². The lowest BCUT2D eigenvalue weighted by Crippen LogP contribution is -2.48. The fraction of sp³-hybridized carbons (Fsp3) is 0.318. The largest absolute Gasteiger partial charge is 0.296 e. The van der Waals surface area contributed by atoms with Crippen LogP contribution in [0.15, 0.2) is 59.6 Å². The highest BCUT2D eigenvalue weighted by molar-refractivity contribution is 7.89. The molecule has 1 saturated heterocycles. The van der Waals surface area contributed by atoms with E-state index in [4.69, 9.17) is 0 Å². The van der Waals surface area contributed by atoms with Gasteiger partial charge in [-0.05, 0) is 42.7 Å². The molecular weight excluding hydrogens is 370 g/mol. The molecule has 5 nitrogen and oxygen atoms in total. The zero-order valence-electron chi connectivity index (χ0n) is 16.3.